The zero-order valence-electron chi connectivity index (χ0n) is 66.2. The summed E-state index contributed by atoms with van der Waals surface area (Å²) in [5, 5.41) is 20.7. The average molecular weight is 1530 g/mol. The van der Waals surface area contributed by atoms with Gasteiger partial charge in [-0.2, -0.15) is 0 Å². The smallest absolute Gasteiger partial charge is 0.463 e. The highest BCUT2D eigenvalue weighted by Gasteiger charge is 2.29. The molecule has 0 saturated heterocycles. The number of hydrogen-bond acceptors (Lipinski definition) is 14. The van der Waals surface area contributed by atoms with Crippen LogP contribution in [0.1, 0.15) is 290 Å². The molecule has 0 heterocycles. The number of aliphatic hydroxyl groups excluding tert-OH is 2. The fourth-order valence-electron chi connectivity index (χ4n) is 10.1. The zero-order valence-corrected chi connectivity index (χ0v) is 68.0. The number of ether oxygens (including phenoxy) is 3. The summed E-state index contributed by atoms with van der Waals surface area (Å²) >= 11 is 0. The van der Waals surface area contributed by atoms with Gasteiger partial charge in [-0.1, -0.05) is 299 Å². The summed E-state index contributed by atoms with van der Waals surface area (Å²) in [6.45, 7) is 2.34. The van der Waals surface area contributed by atoms with E-state index in [-0.39, 0.29) is 19.3 Å². The Morgan fingerprint density at radius 3 is 0.785 bits per heavy atom. The highest BCUT2D eigenvalue weighted by Crippen LogP contribution is 2.45. The van der Waals surface area contributed by atoms with Crippen LogP contribution in [0.3, 0.4) is 0 Å². The van der Waals surface area contributed by atoms with Crippen LogP contribution >= 0.6 is 15.6 Å². The first-order chi connectivity index (χ1) is 52.2. The molecule has 107 heavy (non-hydrogen) atoms. The predicted octanol–water partition coefficient (Wildman–Crippen LogP) is 24.3. The molecule has 0 aromatic heterocycles. The van der Waals surface area contributed by atoms with Crippen molar-refractivity contribution in [2.45, 2.75) is 309 Å². The molecule has 0 aromatic carbocycles. The molecule has 4 N–H and O–H groups in total. The highest BCUT2D eigenvalue weighted by molar-refractivity contribution is 7.47. The van der Waals surface area contributed by atoms with Crippen LogP contribution in [-0.2, 0) is 55.8 Å². The van der Waals surface area contributed by atoms with Gasteiger partial charge in [-0.15, -0.1) is 0 Å². The Labute approximate surface area is 648 Å². The monoisotopic (exact) mass is 1530 g/mol. The second kappa shape index (κ2) is 79.9. The third-order valence-corrected chi connectivity index (χ3v) is 18.2. The number of allylic oxidation sites excluding steroid dienone is 32. The fourth-order valence-corrected chi connectivity index (χ4v) is 11.7. The molecule has 0 aromatic rings. The summed E-state index contributed by atoms with van der Waals surface area (Å²) in [4.78, 5) is 58.8. The normalized spacial score (nSPS) is 14.9. The number of aliphatic hydroxyl groups is 2. The first-order valence-electron chi connectivity index (χ1n) is 40.7. The van der Waals surface area contributed by atoms with E-state index >= 15 is 0 Å². The maximum atomic E-state index is 13.0. The Bertz CT molecular complexity index is 2720. The van der Waals surface area contributed by atoms with Gasteiger partial charge in [0.2, 0.25) is 0 Å². The minimum atomic E-state index is -4.96. The number of hydrogen-bond donors (Lipinski definition) is 4. The van der Waals surface area contributed by atoms with Crippen LogP contribution < -0.4 is 0 Å². The largest absolute Gasteiger partial charge is 0.472 e. The van der Waals surface area contributed by atoms with E-state index in [0.717, 1.165) is 180 Å². The van der Waals surface area contributed by atoms with Crippen LogP contribution in [0.5, 0.6) is 0 Å². The van der Waals surface area contributed by atoms with E-state index in [4.69, 9.17) is 32.3 Å². The molecule has 0 aliphatic rings. The van der Waals surface area contributed by atoms with E-state index in [1.807, 2.05) is 0 Å². The van der Waals surface area contributed by atoms with E-state index in [0.29, 0.717) is 19.3 Å². The van der Waals surface area contributed by atoms with Gasteiger partial charge < -0.3 is 34.2 Å². The summed E-state index contributed by atoms with van der Waals surface area (Å²) in [7, 11) is -9.83. The number of phosphoric acid groups is 2. The lowest BCUT2D eigenvalue weighted by Crippen LogP contribution is -2.30. The maximum absolute atomic E-state index is 13.0. The molecule has 0 bridgehead atoms. The third kappa shape index (κ3) is 81.2. The average Bonchev–Trinajstić information content (AvgIpc) is 1.16. The SMILES string of the molecule is CC/C=C\C/C=C\C/C=C\C/C=C\C/C=C\C/C=C\CCCCCCC(=O)OCC(COP(=O)(O)OCC(O)COP(=O)(O)OCC(O)COC(=O)CCCCCCCCCCC/C=C\C/C=C\C/C=C\C/C=C\CCCCC)OC(=O)CCCCCC/C=C\C/C=C\C/C=C\C/C=C\C/C=C\C/C=C\CC. The molecule has 16 nitrogen and oxygen atoms in total. The van der Waals surface area contributed by atoms with Gasteiger partial charge in [0, 0.05) is 19.3 Å². The molecule has 0 saturated carbocycles. The molecule has 0 aliphatic heterocycles. The van der Waals surface area contributed by atoms with Crippen LogP contribution in [0, 0.1) is 0 Å². The molecular formula is C89H144O16P2. The number of unbranched alkanes of at least 4 members (excludes halogenated alkanes) is 20. The Hall–Kier alpha value is -5.61. The summed E-state index contributed by atoms with van der Waals surface area (Å²) in [6, 6.07) is 0. The molecule has 0 rings (SSSR count). The minimum absolute atomic E-state index is 0.0593. The summed E-state index contributed by atoms with van der Waals surface area (Å²) in [5.41, 5.74) is 0. The van der Waals surface area contributed by atoms with Crippen LogP contribution in [-0.4, -0.2) is 95.9 Å². The molecule has 5 unspecified atom stereocenters. The Morgan fingerprint density at radius 2 is 0.495 bits per heavy atom. The second-order valence-electron chi connectivity index (χ2n) is 26.5. The second-order valence-corrected chi connectivity index (χ2v) is 29.4. The van der Waals surface area contributed by atoms with Gasteiger partial charge in [-0.3, -0.25) is 32.5 Å². The molecule has 0 fully saturated rings. The van der Waals surface area contributed by atoms with E-state index in [1.165, 1.54) is 51.4 Å². The molecule has 0 aliphatic carbocycles. The van der Waals surface area contributed by atoms with Crippen LogP contribution in [0.4, 0.5) is 0 Å². The van der Waals surface area contributed by atoms with Crippen LogP contribution in [0.2, 0.25) is 0 Å². The van der Waals surface area contributed by atoms with Gasteiger partial charge in [0.1, 0.15) is 25.4 Å². The Morgan fingerprint density at radius 1 is 0.271 bits per heavy atom. The van der Waals surface area contributed by atoms with Gasteiger partial charge in [-0.25, -0.2) is 9.13 Å². The molecule has 606 valence electrons. The van der Waals surface area contributed by atoms with Crippen molar-refractivity contribution in [2.24, 2.45) is 0 Å². The van der Waals surface area contributed by atoms with Crippen molar-refractivity contribution >= 4 is 33.6 Å². The fraction of sp³-hybridized carbons (Fsp3) is 0.607. The lowest BCUT2D eigenvalue weighted by molar-refractivity contribution is -0.161. The number of phosphoric ester groups is 2. The lowest BCUT2D eigenvalue weighted by Gasteiger charge is -2.21. The molecule has 0 radical (unpaired) electrons. The Balaban J connectivity index is 4.78. The van der Waals surface area contributed by atoms with Gasteiger partial charge in [-0.05, 0) is 167 Å². The van der Waals surface area contributed by atoms with Crippen molar-refractivity contribution in [2.75, 3.05) is 39.6 Å². The lowest BCUT2D eigenvalue weighted by atomic mass is 10.1. The van der Waals surface area contributed by atoms with Crippen molar-refractivity contribution in [1.82, 2.24) is 0 Å². The topological polar surface area (TPSA) is 231 Å². The molecular weight excluding hydrogens is 1390 g/mol. The highest BCUT2D eigenvalue weighted by atomic mass is 31.2. The first-order valence-corrected chi connectivity index (χ1v) is 43.7. The Kier molecular flexibility index (Phi) is 75.7. The van der Waals surface area contributed by atoms with Gasteiger partial charge in [0.25, 0.3) is 0 Å². The van der Waals surface area contributed by atoms with Gasteiger partial charge in [0.15, 0.2) is 6.10 Å². The minimum Gasteiger partial charge on any atom is -0.463 e. The van der Waals surface area contributed by atoms with Crippen molar-refractivity contribution in [1.29, 1.82) is 0 Å². The third-order valence-electron chi connectivity index (χ3n) is 16.3. The van der Waals surface area contributed by atoms with Crippen molar-refractivity contribution in [3.8, 4) is 0 Å². The van der Waals surface area contributed by atoms with Gasteiger partial charge in [0.05, 0.1) is 26.4 Å². The van der Waals surface area contributed by atoms with E-state index < -0.39 is 91.5 Å². The summed E-state index contributed by atoms with van der Waals surface area (Å²) in [5.74, 6) is -1.65. The number of carbonyl (C=O) groups excluding carboxylic acids is 3. The van der Waals surface area contributed by atoms with E-state index in [2.05, 4.69) is 215 Å². The number of carbonyl (C=O) groups is 3. The van der Waals surface area contributed by atoms with Crippen LogP contribution in [0.15, 0.2) is 194 Å². The molecule has 5 atom stereocenters. The predicted molar refractivity (Wildman–Crippen MR) is 444 cm³/mol. The number of rotatable bonds is 75. The summed E-state index contributed by atoms with van der Waals surface area (Å²) < 4.78 is 61.2. The summed E-state index contributed by atoms with van der Waals surface area (Å²) in [6.07, 6.45) is 105. The van der Waals surface area contributed by atoms with Crippen molar-refractivity contribution in [3.63, 3.8) is 0 Å². The van der Waals surface area contributed by atoms with E-state index in [9.17, 15) is 43.5 Å². The van der Waals surface area contributed by atoms with Crippen LogP contribution in [0.25, 0.3) is 0 Å². The molecule has 0 spiro atoms. The first kappa shape index (κ1) is 101. The number of esters is 3. The van der Waals surface area contributed by atoms with Crippen molar-refractivity contribution < 1.29 is 75.8 Å². The maximum Gasteiger partial charge on any atom is 0.472 e. The molecule has 18 heteroatoms. The van der Waals surface area contributed by atoms with E-state index in [1.54, 1.807) is 0 Å². The molecule has 0 amide bonds. The standard InChI is InChI=1S/C89H144O16P2/c1-4-7-10-13-16-19-22-25-28-31-34-37-40-41-44-46-48-51-54-57-60-63-66-69-72-75-87(92)99-78-84(90)79-101-106(95,96)102-80-85(91)81-103-107(97,98)104-83-86(105-89(94)77-74-71-68-65-62-59-56-53-50-47-43-39-36-33-30-27-24-21-18-15-12-9-6-3)82-100-88(93)76-73-70-67-64-61-58-55-52-49-45-42-38-35-32-29-26-23-20-17-14-11-8-5-2/h8-9,11-12,16-21,25-30,34-39,41,44-45,47,49-50,55-56,58-59,84-86,90-91H,4-7,10,13-15,22-24,31-33,40,42-43,46,48,51-54,57,60-83H2,1-3H3,(H,95,96)(H,97,98)/b11-8-,12-9-,19-16-,20-17-,21-18-,28-25-,29-26-,30-27-,37-34-,38-35-,39-36-,44-41-,49-45-,50-47-,58-55-,59-56-. The van der Waals surface area contributed by atoms with Gasteiger partial charge >= 0.3 is 33.6 Å². The van der Waals surface area contributed by atoms with Crippen molar-refractivity contribution in [3.05, 3.63) is 194 Å². The zero-order chi connectivity index (χ0) is 78.0. The quantitative estimate of drug-likeness (QED) is 0.0146.